The summed E-state index contributed by atoms with van der Waals surface area (Å²) >= 11 is 0. The maximum atomic E-state index is 12.4. The number of carbonyl (C=O) groups is 1. The van der Waals surface area contributed by atoms with E-state index in [9.17, 15) is 14.4 Å². The lowest BCUT2D eigenvalue weighted by Gasteiger charge is -2.36. The number of rotatable bonds is 4. The maximum Gasteiger partial charge on any atom is 0.266 e. The van der Waals surface area contributed by atoms with Crippen LogP contribution < -0.4 is 11.1 Å². The largest absolute Gasteiger partial charge is 0.344 e. The molecule has 7 nitrogen and oxygen atoms in total. The number of aromatic nitrogens is 2. The van der Waals surface area contributed by atoms with Gasteiger partial charge < -0.3 is 4.90 Å². The first-order chi connectivity index (χ1) is 11.9. The minimum atomic E-state index is -0.440. The van der Waals surface area contributed by atoms with Crippen molar-refractivity contribution >= 4 is 5.91 Å². The van der Waals surface area contributed by atoms with Crippen molar-refractivity contribution in [3.63, 3.8) is 0 Å². The number of nitrogens with zero attached hydrogens (tertiary/aromatic N) is 2. The fourth-order valence-corrected chi connectivity index (χ4v) is 3.23. The van der Waals surface area contributed by atoms with Gasteiger partial charge in [0.05, 0.1) is 6.42 Å². The van der Waals surface area contributed by atoms with Gasteiger partial charge in [0, 0.05) is 37.8 Å². The van der Waals surface area contributed by atoms with Crippen LogP contribution in [0.2, 0.25) is 0 Å². The van der Waals surface area contributed by atoms with Crippen molar-refractivity contribution in [3.8, 4) is 0 Å². The molecule has 3 rings (SSSR count). The molecule has 1 aromatic carbocycles. The van der Waals surface area contributed by atoms with Crippen molar-refractivity contribution in [2.24, 2.45) is 0 Å². The lowest BCUT2D eigenvalue weighted by Crippen LogP contribution is -2.46. The lowest BCUT2D eigenvalue weighted by atomic mass is 9.94. The summed E-state index contributed by atoms with van der Waals surface area (Å²) in [6.07, 6.45) is 0.804. The minimum Gasteiger partial charge on any atom is -0.344 e. The average molecular weight is 342 g/mol. The topological polar surface area (TPSA) is 89.3 Å². The van der Waals surface area contributed by atoms with Crippen molar-refractivity contribution < 1.29 is 4.79 Å². The molecule has 1 atom stereocenters. The summed E-state index contributed by atoms with van der Waals surface area (Å²) in [5.41, 5.74) is 1.96. The van der Waals surface area contributed by atoms with Gasteiger partial charge in [-0.25, -0.2) is 0 Å². The first kappa shape index (κ1) is 17.2. The molecule has 0 bridgehead atoms. The number of hydrogen-bond acceptors (Lipinski definition) is 4. The van der Waals surface area contributed by atoms with Crippen molar-refractivity contribution in [3.05, 3.63) is 67.7 Å². The number of amides is 1. The Labute approximate surface area is 145 Å². The third-order valence-electron chi connectivity index (χ3n) is 4.77. The van der Waals surface area contributed by atoms with E-state index in [4.69, 9.17) is 0 Å². The Kier molecular flexibility index (Phi) is 4.85. The number of fused-ring (bicyclic) bond motifs is 1. The molecular weight excluding hydrogens is 320 g/mol. The first-order valence-electron chi connectivity index (χ1n) is 8.26. The number of nitrogens with one attached hydrogen (secondary N) is 2. The molecule has 1 amide bonds. The van der Waals surface area contributed by atoms with Crippen molar-refractivity contribution in [2.75, 3.05) is 20.6 Å². The van der Waals surface area contributed by atoms with Crippen LogP contribution in [0, 0.1) is 0 Å². The molecule has 0 saturated carbocycles. The highest BCUT2D eigenvalue weighted by atomic mass is 16.2. The van der Waals surface area contributed by atoms with Gasteiger partial charge in [0.25, 0.3) is 11.1 Å². The van der Waals surface area contributed by atoms with E-state index in [2.05, 4.69) is 34.3 Å². The van der Waals surface area contributed by atoms with Gasteiger partial charge in [0.15, 0.2) is 0 Å². The van der Waals surface area contributed by atoms with Crippen LogP contribution in [-0.2, 0) is 24.2 Å². The highest BCUT2D eigenvalue weighted by Gasteiger charge is 2.25. The van der Waals surface area contributed by atoms with E-state index in [0.717, 1.165) is 13.0 Å². The standard InChI is InChI=1S/C18H22N4O3/c1-21-10-13-6-4-3-5-12(13)7-15(21)11-22(2)17(24)9-14-8-16(23)19-20-18(14)25/h3-6,8,15H,7,9-11H2,1-2H3,(H,19,23)(H,20,25). The normalized spacial score (nSPS) is 17.1. The summed E-state index contributed by atoms with van der Waals surface area (Å²) in [7, 11) is 3.79. The average Bonchev–Trinajstić information content (AvgIpc) is 2.58. The molecule has 1 aliphatic heterocycles. The molecule has 7 heteroatoms. The molecule has 2 heterocycles. The Hall–Kier alpha value is -2.67. The third-order valence-corrected chi connectivity index (χ3v) is 4.77. The Morgan fingerprint density at radius 2 is 1.96 bits per heavy atom. The van der Waals surface area contributed by atoms with Gasteiger partial charge in [-0.15, -0.1) is 0 Å². The molecule has 2 N–H and O–H groups in total. The summed E-state index contributed by atoms with van der Waals surface area (Å²) in [4.78, 5) is 39.3. The second-order valence-corrected chi connectivity index (χ2v) is 6.61. The quantitative estimate of drug-likeness (QED) is 0.826. The molecule has 2 aromatic rings. The number of H-pyrrole nitrogens is 2. The Morgan fingerprint density at radius 3 is 2.72 bits per heavy atom. The van der Waals surface area contributed by atoms with Crippen molar-refractivity contribution in [2.45, 2.75) is 25.4 Å². The van der Waals surface area contributed by atoms with Crippen LogP contribution in [0.1, 0.15) is 16.7 Å². The SMILES string of the molecule is CN(CC1Cc2ccccc2CN1C)C(=O)Cc1cc(=O)[nH][nH]c1=O. The molecule has 0 saturated heterocycles. The Morgan fingerprint density at radius 1 is 1.24 bits per heavy atom. The van der Waals surface area contributed by atoms with Gasteiger partial charge in [-0.1, -0.05) is 24.3 Å². The molecule has 132 valence electrons. The van der Waals surface area contributed by atoms with Crippen LogP contribution >= 0.6 is 0 Å². The molecule has 0 radical (unpaired) electrons. The van der Waals surface area contributed by atoms with E-state index >= 15 is 0 Å². The lowest BCUT2D eigenvalue weighted by molar-refractivity contribution is -0.130. The van der Waals surface area contributed by atoms with Gasteiger partial charge in [0.2, 0.25) is 5.91 Å². The van der Waals surface area contributed by atoms with E-state index in [0.29, 0.717) is 6.54 Å². The second kappa shape index (κ2) is 7.06. The van der Waals surface area contributed by atoms with Gasteiger partial charge in [0.1, 0.15) is 0 Å². The van der Waals surface area contributed by atoms with E-state index in [1.165, 1.54) is 17.2 Å². The summed E-state index contributed by atoms with van der Waals surface area (Å²) in [5, 5.41) is 4.44. The number of aromatic amines is 2. The summed E-state index contributed by atoms with van der Waals surface area (Å²) in [6.45, 7) is 1.43. The highest BCUT2D eigenvalue weighted by Crippen LogP contribution is 2.22. The molecule has 0 spiro atoms. The molecule has 0 fully saturated rings. The van der Waals surface area contributed by atoms with E-state index in [-0.39, 0.29) is 23.9 Å². The fraction of sp³-hybridized carbons (Fsp3) is 0.389. The zero-order valence-electron chi connectivity index (χ0n) is 14.4. The maximum absolute atomic E-state index is 12.4. The zero-order chi connectivity index (χ0) is 18.0. The highest BCUT2D eigenvalue weighted by molar-refractivity contribution is 5.78. The van der Waals surface area contributed by atoms with Crippen molar-refractivity contribution in [1.29, 1.82) is 0 Å². The fourth-order valence-electron chi connectivity index (χ4n) is 3.23. The molecule has 1 aromatic heterocycles. The van der Waals surface area contributed by atoms with Crippen molar-refractivity contribution in [1.82, 2.24) is 20.0 Å². The van der Waals surface area contributed by atoms with Crippen LogP contribution in [0.5, 0.6) is 0 Å². The van der Waals surface area contributed by atoms with Gasteiger partial charge in [-0.05, 0) is 24.6 Å². The molecule has 1 unspecified atom stereocenters. The first-order valence-corrected chi connectivity index (χ1v) is 8.26. The van der Waals surface area contributed by atoms with Crippen LogP contribution in [0.25, 0.3) is 0 Å². The van der Waals surface area contributed by atoms with Crippen LogP contribution in [0.15, 0.2) is 39.9 Å². The predicted octanol–water partition coefficient (Wildman–Crippen LogP) is 0.121. The van der Waals surface area contributed by atoms with Crippen LogP contribution in [-0.4, -0.2) is 52.6 Å². The smallest absolute Gasteiger partial charge is 0.266 e. The van der Waals surface area contributed by atoms with Crippen LogP contribution in [0.3, 0.4) is 0 Å². The number of likely N-dealkylation sites (N-methyl/N-ethyl adjacent to an activating group) is 2. The summed E-state index contributed by atoms with van der Waals surface area (Å²) < 4.78 is 0. The molecular formula is C18H22N4O3. The van der Waals surface area contributed by atoms with E-state index < -0.39 is 11.1 Å². The number of hydrogen-bond donors (Lipinski definition) is 2. The second-order valence-electron chi connectivity index (χ2n) is 6.61. The van der Waals surface area contributed by atoms with Gasteiger partial charge in [-0.3, -0.25) is 29.5 Å². The zero-order valence-corrected chi connectivity index (χ0v) is 14.4. The summed E-state index contributed by atoms with van der Waals surface area (Å²) in [5.74, 6) is -0.177. The number of carbonyl (C=O) groups excluding carboxylic acids is 1. The predicted molar refractivity (Wildman–Crippen MR) is 94.4 cm³/mol. The minimum absolute atomic E-state index is 0.0806. The van der Waals surface area contributed by atoms with Crippen LogP contribution in [0.4, 0.5) is 0 Å². The third kappa shape index (κ3) is 3.88. The van der Waals surface area contributed by atoms with Gasteiger partial charge >= 0.3 is 0 Å². The van der Waals surface area contributed by atoms with Gasteiger partial charge in [-0.2, -0.15) is 0 Å². The monoisotopic (exact) mass is 342 g/mol. The Bertz CT molecular complexity index is 886. The number of benzene rings is 1. The Balaban J connectivity index is 1.66. The van der Waals surface area contributed by atoms with E-state index in [1.807, 2.05) is 12.1 Å². The van der Waals surface area contributed by atoms with E-state index in [1.54, 1.807) is 11.9 Å². The summed E-state index contributed by atoms with van der Waals surface area (Å²) in [6, 6.07) is 9.74. The molecule has 0 aliphatic carbocycles. The molecule has 25 heavy (non-hydrogen) atoms. The molecule has 1 aliphatic rings.